The fraction of sp³-hybridized carbons (Fsp3) is 0.600. The van der Waals surface area contributed by atoms with Gasteiger partial charge in [-0.25, -0.2) is 0 Å². The second kappa shape index (κ2) is 7.33. The number of ether oxygens (including phenoxy) is 1. The zero-order valence-corrected chi connectivity index (χ0v) is 11.5. The maximum absolute atomic E-state index is 5.77. The van der Waals surface area contributed by atoms with Crippen LogP contribution in [0.3, 0.4) is 0 Å². The van der Waals surface area contributed by atoms with Gasteiger partial charge in [0, 0.05) is 11.6 Å². The van der Waals surface area contributed by atoms with Crippen LogP contribution in [0.2, 0.25) is 0 Å². The molecule has 0 saturated heterocycles. The molecule has 0 aliphatic rings. The molecule has 1 unspecified atom stereocenters. The largest absolute Gasteiger partial charge is 0.493 e. The second-order valence-corrected chi connectivity index (χ2v) is 4.91. The molecule has 2 heteroatoms. The molecular weight excluding hydrogens is 210 g/mol. The van der Waals surface area contributed by atoms with Crippen LogP contribution in [0.15, 0.2) is 24.3 Å². The lowest BCUT2D eigenvalue weighted by atomic mass is 10.1. The Balaban J connectivity index is 2.67. The van der Waals surface area contributed by atoms with Crippen LogP contribution in [0.25, 0.3) is 0 Å². The summed E-state index contributed by atoms with van der Waals surface area (Å²) >= 11 is 0. The smallest absolute Gasteiger partial charge is 0.124 e. The molecule has 1 aromatic rings. The third kappa shape index (κ3) is 4.78. The molecule has 0 saturated carbocycles. The molecule has 0 amide bonds. The predicted octanol–water partition coefficient (Wildman–Crippen LogP) is 3.78. The summed E-state index contributed by atoms with van der Waals surface area (Å²) in [7, 11) is 0. The summed E-state index contributed by atoms with van der Waals surface area (Å²) in [6, 6.07) is 8.64. The highest BCUT2D eigenvalue weighted by Gasteiger charge is 2.10. The van der Waals surface area contributed by atoms with Gasteiger partial charge in [-0.15, -0.1) is 0 Å². The van der Waals surface area contributed by atoms with Crippen molar-refractivity contribution in [3.63, 3.8) is 0 Å². The molecule has 1 aromatic carbocycles. The van der Waals surface area contributed by atoms with Crippen LogP contribution in [0.1, 0.15) is 45.7 Å². The van der Waals surface area contributed by atoms with Crippen molar-refractivity contribution in [2.75, 3.05) is 13.2 Å². The lowest BCUT2D eigenvalue weighted by molar-refractivity contribution is 0.310. The lowest BCUT2D eigenvalue weighted by Crippen LogP contribution is -2.23. The van der Waals surface area contributed by atoms with Crippen molar-refractivity contribution in [3.05, 3.63) is 29.8 Å². The van der Waals surface area contributed by atoms with Crippen molar-refractivity contribution in [2.45, 2.75) is 40.2 Å². The van der Waals surface area contributed by atoms with E-state index in [2.05, 4.69) is 51.2 Å². The van der Waals surface area contributed by atoms with Gasteiger partial charge in [0.05, 0.1) is 6.61 Å². The van der Waals surface area contributed by atoms with Crippen molar-refractivity contribution in [2.24, 2.45) is 5.92 Å². The first-order valence-electron chi connectivity index (χ1n) is 6.60. The minimum Gasteiger partial charge on any atom is -0.493 e. The highest BCUT2D eigenvalue weighted by molar-refractivity contribution is 5.35. The Morgan fingerprint density at radius 2 is 1.88 bits per heavy atom. The standard InChI is InChI=1S/C15H25NO/c1-5-10-17-15-9-7-6-8-14(15)13(4)16-11-12(2)3/h6-9,12-13,16H,5,10-11H2,1-4H3. The Labute approximate surface area is 105 Å². The number of hydrogen-bond acceptors (Lipinski definition) is 2. The molecule has 0 fully saturated rings. The van der Waals surface area contributed by atoms with Gasteiger partial charge in [-0.3, -0.25) is 0 Å². The summed E-state index contributed by atoms with van der Waals surface area (Å²) in [5.41, 5.74) is 1.25. The molecule has 0 aromatic heterocycles. The zero-order chi connectivity index (χ0) is 12.7. The molecule has 96 valence electrons. The minimum absolute atomic E-state index is 0.338. The molecular formula is C15H25NO. The molecule has 0 heterocycles. The van der Waals surface area contributed by atoms with Gasteiger partial charge in [0.2, 0.25) is 0 Å². The van der Waals surface area contributed by atoms with Crippen LogP contribution < -0.4 is 10.1 Å². The molecule has 17 heavy (non-hydrogen) atoms. The van der Waals surface area contributed by atoms with E-state index in [1.54, 1.807) is 0 Å². The third-order valence-corrected chi connectivity index (χ3v) is 2.68. The Morgan fingerprint density at radius 1 is 1.18 bits per heavy atom. The fourth-order valence-corrected chi connectivity index (χ4v) is 1.70. The van der Waals surface area contributed by atoms with E-state index in [0.29, 0.717) is 12.0 Å². The lowest BCUT2D eigenvalue weighted by Gasteiger charge is -2.19. The van der Waals surface area contributed by atoms with Gasteiger partial charge in [0.1, 0.15) is 5.75 Å². The number of benzene rings is 1. The van der Waals surface area contributed by atoms with Crippen LogP contribution in [0.5, 0.6) is 5.75 Å². The van der Waals surface area contributed by atoms with Crippen molar-refractivity contribution in [1.29, 1.82) is 0 Å². The van der Waals surface area contributed by atoms with Gasteiger partial charge in [0.25, 0.3) is 0 Å². The van der Waals surface area contributed by atoms with Crippen LogP contribution in [0, 0.1) is 5.92 Å². The summed E-state index contributed by atoms with van der Waals surface area (Å²) in [5, 5.41) is 3.54. The van der Waals surface area contributed by atoms with Crippen LogP contribution in [0.4, 0.5) is 0 Å². The molecule has 1 N–H and O–H groups in total. The van der Waals surface area contributed by atoms with Gasteiger partial charge in [-0.05, 0) is 31.9 Å². The van der Waals surface area contributed by atoms with Gasteiger partial charge in [0.15, 0.2) is 0 Å². The Hall–Kier alpha value is -1.02. The highest BCUT2D eigenvalue weighted by Crippen LogP contribution is 2.24. The topological polar surface area (TPSA) is 21.3 Å². The van der Waals surface area contributed by atoms with Gasteiger partial charge in [-0.1, -0.05) is 39.0 Å². The first-order valence-corrected chi connectivity index (χ1v) is 6.60. The Morgan fingerprint density at radius 3 is 2.53 bits per heavy atom. The maximum Gasteiger partial charge on any atom is 0.124 e. The molecule has 1 atom stereocenters. The van der Waals surface area contributed by atoms with E-state index in [4.69, 9.17) is 4.74 Å². The molecule has 0 radical (unpaired) electrons. The van der Waals surface area contributed by atoms with E-state index in [1.165, 1.54) is 5.56 Å². The van der Waals surface area contributed by atoms with E-state index in [0.717, 1.165) is 25.3 Å². The van der Waals surface area contributed by atoms with Crippen LogP contribution in [-0.4, -0.2) is 13.2 Å². The normalized spacial score (nSPS) is 12.8. The third-order valence-electron chi connectivity index (χ3n) is 2.68. The number of nitrogens with one attached hydrogen (secondary N) is 1. The maximum atomic E-state index is 5.77. The highest BCUT2D eigenvalue weighted by atomic mass is 16.5. The number of rotatable bonds is 7. The zero-order valence-electron chi connectivity index (χ0n) is 11.5. The van der Waals surface area contributed by atoms with Crippen LogP contribution in [-0.2, 0) is 0 Å². The molecule has 0 aliphatic carbocycles. The quantitative estimate of drug-likeness (QED) is 0.776. The summed E-state index contributed by atoms with van der Waals surface area (Å²) in [6.07, 6.45) is 1.04. The van der Waals surface area contributed by atoms with Crippen molar-refractivity contribution >= 4 is 0 Å². The van der Waals surface area contributed by atoms with Crippen LogP contribution >= 0.6 is 0 Å². The van der Waals surface area contributed by atoms with E-state index in [9.17, 15) is 0 Å². The summed E-state index contributed by atoms with van der Waals surface area (Å²) in [5.74, 6) is 1.68. The second-order valence-electron chi connectivity index (χ2n) is 4.91. The van der Waals surface area contributed by atoms with Gasteiger partial charge in [-0.2, -0.15) is 0 Å². The first-order chi connectivity index (χ1) is 8.15. The molecule has 0 aliphatic heterocycles. The van der Waals surface area contributed by atoms with Crippen molar-refractivity contribution in [3.8, 4) is 5.75 Å². The van der Waals surface area contributed by atoms with Gasteiger partial charge >= 0.3 is 0 Å². The predicted molar refractivity (Wildman–Crippen MR) is 73.5 cm³/mol. The van der Waals surface area contributed by atoms with E-state index in [1.807, 2.05) is 6.07 Å². The molecule has 2 nitrogen and oxygen atoms in total. The Kier molecular flexibility index (Phi) is 6.06. The minimum atomic E-state index is 0.338. The van der Waals surface area contributed by atoms with Gasteiger partial charge < -0.3 is 10.1 Å². The summed E-state index contributed by atoms with van der Waals surface area (Å²) < 4.78 is 5.77. The van der Waals surface area contributed by atoms with E-state index < -0.39 is 0 Å². The average Bonchev–Trinajstić information content (AvgIpc) is 2.33. The molecule has 1 rings (SSSR count). The molecule has 0 bridgehead atoms. The SMILES string of the molecule is CCCOc1ccccc1C(C)NCC(C)C. The van der Waals surface area contributed by atoms with E-state index >= 15 is 0 Å². The fourth-order valence-electron chi connectivity index (χ4n) is 1.70. The Bertz CT molecular complexity index is 322. The van der Waals surface area contributed by atoms with Crippen molar-refractivity contribution < 1.29 is 4.74 Å². The monoisotopic (exact) mass is 235 g/mol. The summed E-state index contributed by atoms with van der Waals surface area (Å²) in [4.78, 5) is 0. The van der Waals surface area contributed by atoms with Crippen molar-refractivity contribution in [1.82, 2.24) is 5.32 Å². The van der Waals surface area contributed by atoms with E-state index in [-0.39, 0.29) is 0 Å². The number of hydrogen-bond donors (Lipinski definition) is 1. The first kappa shape index (κ1) is 14.0. The number of para-hydroxylation sites is 1. The molecule has 0 spiro atoms. The summed E-state index contributed by atoms with van der Waals surface area (Å²) in [6.45, 7) is 10.6. The average molecular weight is 235 g/mol.